The van der Waals surface area contributed by atoms with E-state index in [0.717, 1.165) is 12.8 Å². The van der Waals surface area contributed by atoms with Crippen LogP contribution in [0.4, 0.5) is 0 Å². The molecular weight excluding hydrogens is 326 g/mol. The van der Waals surface area contributed by atoms with Crippen LogP contribution >= 0.6 is 0 Å². The molecule has 26 heavy (non-hydrogen) atoms. The van der Waals surface area contributed by atoms with Crippen molar-refractivity contribution in [3.63, 3.8) is 0 Å². The molecule has 0 aromatic rings. The molecule has 4 nitrogen and oxygen atoms in total. The predicted octanol–water partition coefficient (Wildman–Crippen LogP) is 7.47. The third kappa shape index (κ3) is 17.3. The van der Waals surface area contributed by atoms with Gasteiger partial charge in [0.15, 0.2) is 0 Å². The summed E-state index contributed by atoms with van der Waals surface area (Å²) in [6.45, 7) is 7.13. The van der Waals surface area contributed by atoms with Gasteiger partial charge in [0.05, 0.1) is 0 Å². The van der Waals surface area contributed by atoms with Gasteiger partial charge >= 0.3 is 0 Å². The van der Waals surface area contributed by atoms with Gasteiger partial charge in [0.25, 0.3) is 0 Å². The Hall–Kier alpha value is -0.160. The molecule has 0 saturated heterocycles. The van der Waals surface area contributed by atoms with E-state index in [0.29, 0.717) is 19.8 Å². The van der Waals surface area contributed by atoms with Gasteiger partial charge in [-0.2, -0.15) is 9.68 Å². The lowest BCUT2D eigenvalue weighted by Crippen LogP contribution is -2.42. The Morgan fingerprint density at radius 3 is 1.12 bits per heavy atom. The Bertz CT molecular complexity index is 268. The first-order chi connectivity index (χ1) is 12.7. The monoisotopic (exact) mass is 373 g/mol. The van der Waals surface area contributed by atoms with Gasteiger partial charge in [-0.15, -0.1) is 0 Å². The quantitative estimate of drug-likeness (QED) is 0.119. The lowest BCUT2D eigenvalue weighted by atomic mass is 10.0. The van der Waals surface area contributed by atoms with Crippen LogP contribution in [-0.4, -0.2) is 24.7 Å². The second kappa shape index (κ2) is 19.6. The molecule has 0 heterocycles. The van der Waals surface area contributed by atoms with Crippen LogP contribution in [0.5, 0.6) is 0 Å². The maximum atomic E-state index is 12.1. The molecule has 4 heteroatoms. The van der Waals surface area contributed by atoms with Crippen LogP contribution in [0.25, 0.3) is 0 Å². The molecule has 0 amide bonds. The molecular formula is C22H47NO3. The predicted molar refractivity (Wildman–Crippen MR) is 111 cm³/mol. The average molecular weight is 374 g/mol. The van der Waals surface area contributed by atoms with E-state index in [1.54, 1.807) is 0 Å². The summed E-state index contributed by atoms with van der Waals surface area (Å²) in [5.74, 6) is 0. The number of rotatable bonds is 21. The summed E-state index contributed by atoms with van der Waals surface area (Å²) < 4.78 is 0. The number of hydrogen-bond donors (Lipinski definition) is 0. The van der Waals surface area contributed by atoms with Gasteiger partial charge in [-0.1, -0.05) is 102 Å². The maximum Gasteiger partial charge on any atom is 0.142 e. The molecule has 0 bridgehead atoms. The number of hydrogen-bond acceptors (Lipinski definition) is 3. The second-order valence-electron chi connectivity index (χ2n) is 7.47. The molecule has 158 valence electrons. The van der Waals surface area contributed by atoms with Gasteiger partial charge in [0, 0.05) is 6.42 Å². The lowest BCUT2D eigenvalue weighted by molar-refractivity contribution is -1.21. The van der Waals surface area contributed by atoms with Crippen molar-refractivity contribution in [2.24, 2.45) is 0 Å². The molecule has 0 aromatic carbocycles. The molecule has 0 aliphatic carbocycles. The van der Waals surface area contributed by atoms with Crippen molar-refractivity contribution in [1.29, 1.82) is 0 Å². The van der Waals surface area contributed by atoms with Crippen LogP contribution in [0.3, 0.4) is 0 Å². The Morgan fingerprint density at radius 2 is 0.808 bits per heavy atom. The molecule has 0 aliphatic rings. The normalized spacial score (nSPS) is 12.0. The van der Waals surface area contributed by atoms with E-state index in [2.05, 4.69) is 6.92 Å². The van der Waals surface area contributed by atoms with Crippen LogP contribution in [-0.2, 0) is 9.68 Å². The van der Waals surface area contributed by atoms with Gasteiger partial charge < -0.3 is 5.21 Å². The Labute approximate surface area is 163 Å². The Morgan fingerprint density at radius 1 is 0.500 bits per heavy atom. The molecule has 0 spiro atoms. The van der Waals surface area contributed by atoms with E-state index in [-0.39, 0.29) is 0 Å². The van der Waals surface area contributed by atoms with Crippen LogP contribution < -0.4 is 0 Å². The van der Waals surface area contributed by atoms with Crippen LogP contribution in [0.2, 0.25) is 0 Å². The van der Waals surface area contributed by atoms with Crippen molar-refractivity contribution in [2.45, 2.75) is 124 Å². The van der Waals surface area contributed by atoms with Crippen molar-refractivity contribution >= 4 is 0 Å². The molecule has 0 rings (SSSR count). The second-order valence-corrected chi connectivity index (χ2v) is 7.47. The SMILES string of the molecule is CCCCCCCCCCCCCCCCCC[N+]([O-])(OCC)OCC. The van der Waals surface area contributed by atoms with Crippen molar-refractivity contribution in [3.05, 3.63) is 5.21 Å². The molecule has 0 atom stereocenters. The van der Waals surface area contributed by atoms with Crippen molar-refractivity contribution < 1.29 is 14.6 Å². The van der Waals surface area contributed by atoms with Gasteiger partial charge in [-0.05, 0) is 20.3 Å². The van der Waals surface area contributed by atoms with Crippen molar-refractivity contribution in [2.75, 3.05) is 19.8 Å². The van der Waals surface area contributed by atoms with Crippen molar-refractivity contribution in [1.82, 2.24) is 0 Å². The highest BCUT2D eigenvalue weighted by Gasteiger charge is 2.18. The van der Waals surface area contributed by atoms with Gasteiger partial charge in [0.2, 0.25) is 0 Å². The van der Waals surface area contributed by atoms with Gasteiger partial charge in [-0.25, -0.2) is 0 Å². The van der Waals surface area contributed by atoms with Crippen LogP contribution in [0.15, 0.2) is 0 Å². The zero-order chi connectivity index (χ0) is 19.3. The number of quaternary nitrogens is 1. The molecule has 0 fully saturated rings. The Kier molecular flexibility index (Phi) is 19.5. The first-order valence-electron chi connectivity index (χ1n) is 11.6. The highest BCUT2D eigenvalue weighted by molar-refractivity contribution is 4.49. The zero-order valence-corrected chi connectivity index (χ0v) is 18.1. The summed E-state index contributed by atoms with van der Waals surface area (Å²) in [6, 6.07) is 0. The molecule has 0 saturated carbocycles. The number of nitrogens with zero attached hydrogens (tertiary/aromatic N) is 1. The fraction of sp³-hybridized carbons (Fsp3) is 1.00. The minimum Gasteiger partial charge on any atom is -0.564 e. The van der Waals surface area contributed by atoms with Gasteiger partial charge in [0.1, 0.15) is 19.8 Å². The van der Waals surface area contributed by atoms with Crippen LogP contribution in [0.1, 0.15) is 124 Å². The molecule has 0 aromatic heterocycles. The maximum absolute atomic E-state index is 12.1. The number of unbranched alkanes of at least 4 members (excludes halogenated alkanes) is 15. The van der Waals surface area contributed by atoms with E-state index in [4.69, 9.17) is 9.68 Å². The van der Waals surface area contributed by atoms with E-state index >= 15 is 0 Å². The summed E-state index contributed by atoms with van der Waals surface area (Å²) in [5.41, 5.74) is 0. The minimum absolute atomic E-state index is 0.391. The van der Waals surface area contributed by atoms with E-state index in [1.807, 2.05) is 13.8 Å². The summed E-state index contributed by atoms with van der Waals surface area (Å²) in [5, 5.41) is 12.1. The number of hydroxylamine groups is 3. The smallest absolute Gasteiger partial charge is 0.142 e. The Balaban J connectivity index is 3.26. The molecule has 0 aliphatic heterocycles. The summed E-state index contributed by atoms with van der Waals surface area (Å²) >= 11 is 0. The highest BCUT2D eigenvalue weighted by Crippen LogP contribution is 2.15. The minimum atomic E-state index is -0.939. The fourth-order valence-electron chi connectivity index (χ4n) is 3.41. The lowest BCUT2D eigenvalue weighted by Gasteiger charge is -2.34. The van der Waals surface area contributed by atoms with Gasteiger partial charge in [-0.3, -0.25) is 0 Å². The summed E-state index contributed by atoms with van der Waals surface area (Å²) in [7, 11) is 0. The average Bonchev–Trinajstić information content (AvgIpc) is 2.62. The molecule has 0 radical (unpaired) electrons. The third-order valence-corrected chi connectivity index (χ3v) is 4.94. The fourth-order valence-corrected chi connectivity index (χ4v) is 3.41. The van der Waals surface area contributed by atoms with Crippen LogP contribution in [0, 0.1) is 5.21 Å². The highest BCUT2D eigenvalue weighted by atomic mass is 17.2. The first-order valence-corrected chi connectivity index (χ1v) is 11.6. The molecule has 0 N–H and O–H groups in total. The third-order valence-electron chi connectivity index (χ3n) is 4.94. The molecule has 0 unspecified atom stereocenters. The largest absolute Gasteiger partial charge is 0.564 e. The first kappa shape index (κ1) is 25.8. The van der Waals surface area contributed by atoms with E-state index < -0.39 is 4.97 Å². The van der Waals surface area contributed by atoms with E-state index in [1.165, 1.54) is 89.9 Å². The van der Waals surface area contributed by atoms with Crippen molar-refractivity contribution in [3.8, 4) is 0 Å². The zero-order valence-electron chi connectivity index (χ0n) is 18.1. The summed E-state index contributed by atoms with van der Waals surface area (Å²) in [6.07, 6.45) is 21.4. The topological polar surface area (TPSA) is 41.5 Å². The standard InChI is InChI=1S/C22H47NO3/c1-4-7-8-9-10-11-12-13-14-15-16-17-18-19-20-21-22-23(24,25-5-2)26-6-3/h4-22H2,1-3H3. The summed E-state index contributed by atoms with van der Waals surface area (Å²) in [4.78, 5) is 9.37. The van der Waals surface area contributed by atoms with E-state index in [9.17, 15) is 5.21 Å².